The average molecular weight is 484 g/mol. The predicted molar refractivity (Wildman–Crippen MR) is 93.6 cm³/mol. The van der Waals surface area contributed by atoms with E-state index in [0.717, 1.165) is 12.8 Å². The molecule has 0 radical (unpaired) electrons. The summed E-state index contributed by atoms with van der Waals surface area (Å²) in [5.74, 6) is -0.903. The number of rotatable bonds is 16. The number of carboxylic acid groups (broad SMARTS) is 1. The van der Waals surface area contributed by atoms with E-state index < -0.39 is 13.5 Å². The van der Waals surface area contributed by atoms with Crippen molar-refractivity contribution in [1.29, 1.82) is 0 Å². The van der Waals surface area contributed by atoms with Crippen molar-refractivity contribution >= 4 is 13.5 Å². The molecule has 0 heterocycles. The second-order valence-electron chi connectivity index (χ2n) is 6.32. The molecule has 0 aliphatic carbocycles. The van der Waals surface area contributed by atoms with Gasteiger partial charge >= 0.3 is 76.4 Å². The summed E-state index contributed by atoms with van der Waals surface area (Å²) in [6.07, 6.45) is 19.9. The molecule has 0 unspecified atom stereocenters. The van der Waals surface area contributed by atoms with E-state index in [9.17, 15) is 22.8 Å². The van der Waals surface area contributed by atoms with Gasteiger partial charge in [-0.15, -0.1) is 0 Å². The Labute approximate surface area is 212 Å². The van der Waals surface area contributed by atoms with Gasteiger partial charge in [-0.1, -0.05) is 96.8 Å². The molecule has 0 spiro atoms. The number of halogens is 3. The molecule has 0 bridgehead atoms. The maximum atomic E-state index is 10.2. The molecule has 0 aromatic rings. The van der Waals surface area contributed by atoms with Gasteiger partial charge < -0.3 is 9.90 Å². The SMILES string of the molecule is CCCCCCCCCCCCCCCCCC(=O)[O-].FB(F)F.[Cs+]. The van der Waals surface area contributed by atoms with Crippen LogP contribution >= 0.6 is 0 Å². The van der Waals surface area contributed by atoms with Gasteiger partial charge in [-0.2, -0.15) is 0 Å². The van der Waals surface area contributed by atoms with Gasteiger partial charge in [0, 0.05) is 5.97 Å². The van der Waals surface area contributed by atoms with Gasteiger partial charge in [0.15, 0.2) is 0 Å². The number of carboxylic acids is 1. The summed E-state index contributed by atoms with van der Waals surface area (Å²) in [6, 6.07) is 0. The quantitative estimate of drug-likeness (QED) is 0.250. The van der Waals surface area contributed by atoms with Crippen LogP contribution in [0, 0.1) is 0 Å². The van der Waals surface area contributed by atoms with Crippen LogP contribution in [0.25, 0.3) is 0 Å². The molecule has 0 saturated heterocycles. The number of unbranched alkanes of at least 4 members (excludes halogenated alkanes) is 14. The Morgan fingerprint density at radius 2 is 0.920 bits per heavy atom. The predicted octanol–water partition coefficient (Wildman–Crippen LogP) is 2.88. The van der Waals surface area contributed by atoms with Gasteiger partial charge in [0.1, 0.15) is 0 Å². The average Bonchev–Trinajstić information content (AvgIpc) is 2.50. The molecular weight excluding hydrogens is 449 g/mol. The maximum Gasteiger partial charge on any atom is 1.00 e. The van der Waals surface area contributed by atoms with Crippen molar-refractivity contribution in [3.63, 3.8) is 0 Å². The smallest absolute Gasteiger partial charge is 0.550 e. The van der Waals surface area contributed by atoms with Crippen LogP contribution in [0.5, 0.6) is 0 Å². The summed E-state index contributed by atoms with van der Waals surface area (Å²) in [6.45, 7) is 2.27. The molecule has 2 nitrogen and oxygen atoms in total. The Morgan fingerprint density at radius 3 is 1.16 bits per heavy atom. The number of carbonyl (C=O) groups excluding carboxylic acids is 1. The van der Waals surface area contributed by atoms with Crippen molar-refractivity contribution in [3.05, 3.63) is 0 Å². The van der Waals surface area contributed by atoms with Crippen LogP contribution < -0.4 is 74.0 Å². The van der Waals surface area contributed by atoms with Crippen LogP contribution in [0.15, 0.2) is 0 Å². The monoisotopic (exact) mass is 484 g/mol. The fourth-order valence-electron chi connectivity index (χ4n) is 2.64. The summed E-state index contributed by atoms with van der Waals surface area (Å²) >= 11 is 0. The van der Waals surface area contributed by atoms with Crippen molar-refractivity contribution in [2.24, 2.45) is 0 Å². The molecule has 0 saturated carbocycles. The van der Waals surface area contributed by atoms with Crippen LogP contribution in [0.1, 0.15) is 110 Å². The molecule has 0 aliphatic rings. The first-order valence-electron chi connectivity index (χ1n) is 9.62. The first-order valence-corrected chi connectivity index (χ1v) is 9.62. The Morgan fingerprint density at radius 1 is 0.680 bits per heavy atom. The molecular formula is C18H35BCsF3O2. The van der Waals surface area contributed by atoms with Gasteiger partial charge in [-0.05, 0) is 12.8 Å². The van der Waals surface area contributed by atoms with E-state index in [1.807, 2.05) is 0 Å². The zero-order chi connectivity index (χ0) is 18.5. The number of aliphatic carboxylic acids is 1. The van der Waals surface area contributed by atoms with Crippen molar-refractivity contribution in [3.8, 4) is 0 Å². The Hall–Kier alpha value is 1.38. The van der Waals surface area contributed by atoms with Gasteiger partial charge in [0.2, 0.25) is 0 Å². The minimum Gasteiger partial charge on any atom is -0.550 e. The Balaban J connectivity index is -0.000000867. The Kier molecular flexibility index (Phi) is 34.3. The normalized spacial score (nSPS) is 9.76. The first-order chi connectivity index (χ1) is 11.5. The van der Waals surface area contributed by atoms with E-state index in [2.05, 4.69) is 6.92 Å². The zero-order valence-corrected chi connectivity index (χ0v) is 22.6. The molecule has 7 heteroatoms. The third-order valence-corrected chi connectivity index (χ3v) is 3.98. The van der Waals surface area contributed by atoms with Gasteiger partial charge in [0.25, 0.3) is 0 Å². The molecule has 0 amide bonds. The largest absolute Gasteiger partial charge is 1.00 e. The van der Waals surface area contributed by atoms with Crippen molar-refractivity contribution < 1.29 is 91.7 Å². The minimum atomic E-state index is -3.67. The third-order valence-electron chi connectivity index (χ3n) is 3.98. The van der Waals surface area contributed by atoms with Gasteiger partial charge in [-0.25, -0.2) is 0 Å². The molecule has 0 aromatic heterocycles. The van der Waals surface area contributed by atoms with Crippen molar-refractivity contribution in [2.45, 2.75) is 110 Å². The molecule has 0 fully saturated rings. The van der Waals surface area contributed by atoms with Crippen LogP contribution in [0.2, 0.25) is 0 Å². The van der Waals surface area contributed by atoms with Crippen LogP contribution in [-0.2, 0) is 4.79 Å². The third kappa shape index (κ3) is 41.1. The standard InChI is InChI=1S/C18H36O2.BF3.Cs/c1-2-3-4-5-6-7-8-9-10-11-12-13-14-15-16-17-18(19)20;2-1(3)4;/h2-17H2,1H3,(H,19,20);;/q;;+1/p-1. The fourth-order valence-corrected chi connectivity index (χ4v) is 2.64. The van der Waals surface area contributed by atoms with Crippen molar-refractivity contribution in [1.82, 2.24) is 0 Å². The molecule has 0 atom stereocenters. The van der Waals surface area contributed by atoms with E-state index in [-0.39, 0.29) is 75.3 Å². The number of hydrogen-bond acceptors (Lipinski definition) is 2. The molecule has 0 N–H and O–H groups in total. The van der Waals surface area contributed by atoms with Gasteiger partial charge in [0.05, 0.1) is 0 Å². The van der Waals surface area contributed by atoms with Crippen LogP contribution in [-0.4, -0.2) is 13.5 Å². The summed E-state index contributed by atoms with van der Waals surface area (Å²) in [5, 5.41) is 10.2. The summed E-state index contributed by atoms with van der Waals surface area (Å²) in [5.41, 5.74) is 0. The van der Waals surface area contributed by atoms with E-state index in [1.165, 1.54) is 83.5 Å². The second kappa shape index (κ2) is 27.6. The first kappa shape index (κ1) is 31.1. The van der Waals surface area contributed by atoms with Crippen LogP contribution in [0.3, 0.4) is 0 Å². The summed E-state index contributed by atoms with van der Waals surface area (Å²) in [7, 11) is -3.67. The van der Waals surface area contributed by atoms with Crippen LogP contribution in [0.4, 0.5) is 12.9 Å². The fraction of sp³-hybridized carbons (Fsp3) is 0.944. The Bertz CT molecular complexity index is 258. The number of carbonyl (C=O) groups is 1. The summed E-state index contributed by atoms with van der Waals surface area (Å²) in [4.78, 5) is 10.2. The molecule has 144 valence electrons. The van der Waals surface area contributed by atoms with Gasteiger partial charge in [-0.3, -0.25) is 12.9 Å². The summed E-state index contributed by atoms with van der Waals surface area (Å²) < 4.78 is 29.0. The second-order valence-corrected chi connectivity index (χ2v) is 6.32. The van der Waals surface area contributed by atoms with E-state index >= 15 is 0 Å². The molecule has 0 rings (SSSR count). The zero-order valence-electron chi connectivity index (χ0n) is 16.3. The minimum absolute atomic E-state index is 0. The maximum absolute atomic E-state index is 10.2. The number of hydrogen-bond donors (Lipinski definition) is 0. The van der Waals surface area contributed by atoms with E-state index in [0.29, 0.717) is 0 Å². The van der Waals surface area contributed by atoms with E-state index in [1.54, 1.807) is 0 Å². The van der Waals surface area contributed by atoms with Crippen molar-refractivity contribution in [2.75, 3.05) is 0 Å². The topological polar surface area (TPSA) is 40.1 Å². The molecule has 0 aliphatic heterocycles. The molecule has 0 aromatic carbocycles. The van der Waals surface area contributed by atoms with E-state index in [4.69, 9.17) is 0 Å². The molecule has 25 heavy (non-hydrogen) atoms.